The molecular weight excluding hydrogens is 156 g/mol. The molecule has 0 amide bonds. The maximum Gasteiger partial charge on any atom is 0.153 e. The van der Waals surface area contributed by atoms with Gasteiger partial charge in [-0.1, -0.05) is 6.92 Å². The second-order valence-corrected chi connectivity index (χ2v) is 3.35. The lowest BCUT2D eigenvalue weighted by atomic mass is 9.78. The van der Waals surface area contributed by atoms with Crippen LogP contribution in [-0.2, 0) is 14.4 Å². The summed E-state index contributed by atoms with van der Waals surface area (Å²) in [4.78, 5) is 33.4. The highest BCUT2D eigenvalue weighted by Gasteiger charge is 2.37. The molecule has 1 aliphatic rings. The zero-order valence-corrected chi connectivity index (χ0v) is 7.29. The monoisotopic (exact) mass is 168 g/mol. The number of rotatable bonds is 1. The number of hydrogen-bond acceptors (Lipinski definition) is 3. The van der Waals surface area contributed by atoms with Crippen molar-refractivity contribution in [2.75, 3.05) is 0 Å². The maximum atomic E-state index is 11.3. The van der Waals surface area contributed by atoms with E-state index < -0.39 is 5.92 Å². The van der Waals surface area contributed by atoms with Crippen molar-refractivity contribution in [2.45, 2.75) is 26.7 Å². The summed E-state index contributed by atoms with van der Waals surface area (Å²) >= 11 is 0. The van der Waals surface area contributed by atoms with Crippen LogP contribution in [0.15, 0.2) is 0 Å². The Hall–Kier alpha value is -0.990. The van der Waals surface area contributed by atoms with Crippen molar-refractivity contribution in [2.24, 2.45) is 11.8 Å². The van der Waals surface area contributed by atoms with Crippen molar-refractivity contribution in [3.8, 4) is 0 Å². The van der Waals surface area contributed by atoms with E-state index in [1.807, 2.05) is 0 Å². The minimum absolute atomic E-state index is 0.128. The van der Waals surface area contributed by atoms with E-state index in [-0.39, 0.29) is 23.3 Å². The number of carbonyl (C=O) groups excluding carboxylic acids is 3. The fraction of sp³-hybridized carbons (Fsp3) is 0.667. The molecule has 1 fully saturated rings. The average Bonchev–Trinajstić information content (AvgIpc) is 1.97. The van der Waals surface area contributed by atoms with E-state index in [1.165, 1.54) is 6.92 Å². The molecule has 66 valence electrons. The van der Waals surface area contributed by atoms with Crippen molar-refractivity contribution in [3.63, 3.8) is 0 Å². The van der Waals surface area contributed by atoms with Gasteiger partial charge < -0.3 is 0 Å². The van der Waals surface area contributed by atoms with Crippen LogP contribution in [0.2, 0.25) is 0 Å². The smallest absolute Gasteiger partial charge is 0.153 e. The molecule has 0 aromatic rings. The molecule has 2 unspecified atom stereocenters. The highest BCUT2D eigenvalue weighted by atomic mass is 16.2. The molecule has 0 saturated heterocycles. The SMILES string of the molecule is CC(=O)C1C(=O)CCC(C)C1=O. The molecule has 3 heteroatoms. The molecular formula is C9H12O3. The standard InChI is InChI=1S/C9H12O3/c1-5-3-4-7(11)8(6(2)10)9(5)12/h5,8H,3-4H2,1-2H3. The zero-order chi connectivity index (χ0) is 9.30. The van der Waals surface area contributed by atoms with E-state index in [9.17, 15) is 14.4 Å². The Labute approximate surface area is 71.1 Å². The molecule has 0 aliphatic heterocycles. The fourth-order valence-corrected chi connectivity index (χ4v) is 1.52. The molecule has 0 heterocycles. The predicted molar refractivity (Wildman–Crippen MR) is 42.6 cm³/mol. The number of hydrogen-bond donors (Lipinski definition) is 0. The molecule has 2 atom stereocenters. The largest absolute Gasteiger partial charge is 0.299 e. The van der Waals surface area contributed by atoms with E-state index in [1.54, 1.807) is 6.92 Å². The summed E-state index contributed by atoms with van der Waals surface area (Å²) in [5.41, 5.74) is 0. The second-order valence-electron chi connectivity index (χ2n) is 3.35. The summed E-state index contributed by atoms with van der Waals surface area (Å²) < 4.78 is 0. The molecule has 12 heavy (non-hydrogen) atoms. The third-order valence-corrected chi connectivity index (χ3v) is 2.32. The summed E-state index contributed by atoms with van der Waals surface area (Å²) in [6.07, 6.45) is 0.971. The van der Waals surface area contributed by atoms with Gasteiger partial charge in [-0.3, -0.25) is 14.4 Å². The van der Waals surface area contributed by atoms with Gasteiger partial charge in [-0.2, -0.15) is 0 Å². The second kappa shape index (κ2) is 3.17. The Kier molecular flexibility index (Phi) is 2.40. The van der Waals surface area contributed by atoms with Crippen LogP contribution in [0.3, 0.4) is 0 Å². The van der Waals surface area contributed by atoms with Gasteiger partial charge in [0.15, 0.2) is 11.6 Å². The van der Waals surface area contributed by atoms with Crippen LogP contribution < -0.4 is 0 Å². The van der Waals surface area contributed by atoms with Gasteiger partial charge in [-0.05, 0) is 13.3 Å². The molecule has 0 spiro atoms. The van der Waals surface area contributed by atoms with Crippen LogP contribution in [0.5, 0.6) is 0 Å². The Bertz CT molecular complexity index is 242. The van der Waals surface area contributed by atoms with Gasteiger partial charge in [0, 0.05) is 12.3 Å². The summed E-state index contributed by atoms with van der Waals surface area (Å²) in [6.45, 7) is 3.07. The molecule has 0 aromatic heterocycles. The number of carbonyl (C=O) groups is 3. The number of ketones is 3. The van der Waals surface area contributed by atoms with Gasteiger partial charge in [0.25, 0.3) is 0 Å². The Morgan fingerprint density at radius 2 is 2.00 bits per heavy atom. The van der Waals surface area contributed by atoms with Crippen LogP contribution in [0.25, 0.3) is 0 Å². The minimum atomic E-state index is -0.950. The fourth-order valence-electron chi connectivity index (χ4n) is 1.52. The Morgan fingerprint density at radius 1 is 1.42 bits per heavy atom. The van der Waals surface area contributed by atoms with Crippen LogP contribution in [0.4, 0.5) is 0 Å². The molecule has 0 aromatic carbocycles. The van der Waals surface area contributed by atoms with Crippen LogP contribution in [0, 0.1) is 11.8 Å². The van der Waals surface area contributed by atoms with E-state index in [4.69, 9.17) is 0 Å². The van der Waals surface area contributed by atoms with Crippen LogP contribution in [0.1, 0.15) is 26.7 Å². The first-order valence-corrected chi connectivity index (χ1v) is 4.11. The molecule has 3 nitrogen and oxygen atoms in total. The van der Waals surface area contributed by atoms with Crippen molar-refractivity contribution in [1.82, 2.24) is 0 Å². The van der Waals surface area contributed by atoms with Crippen molar-refractivity contribution in [3.05, 3.63) is 0 Å². The van der Waals surface area contributed by atoms with Gasteiger partial charge in [0.05, 0.1) is 0 Å². The highest BCUT2D eigenvalue weighted by Crippen LogP contribution is 2.22. The molecule has 1 saturated carbocycles. The minimum Gasteiger partial charge on any atom is -0.299 e. The summed E-state index contributed by atoms with van der Waals surface area (Å²) in [6, 6.07) is 0. The molecule has 0 bridgehead atoms. The average molecular weight is 168 g/mol. The molecule has 0 radical (unpaired) electrons. The van der Waals surface area contributed by atoms with Gasteiger partial charge in [-0.15, -0.1) is 0 Å². The third kappa shape index (κ3) is 1.44. The van der Waals surface area contributed by atoms with E-state index in [0.717, 1.165) is 0 Å². The molecule has 1 aliphatic carbocycles. The first-order valence-electron chi connectivity index (χ1n) is 4.11. The van der Waals surface area contributed by atoms with Gasteiger partial charge in [-0.25, -0.2) is 0 Å². The lowest BCUT2D eigenvalue weighted by Crippen LogP contribution is -2.38. The first kappa shape index (κ1) is 9.10. The molecule has 1 rings (SSSR count). The van der Waals surface area contributed by atoms with Crippen molar-refractivity contribution >= 4 is 17.3 Å². The van der Waals surface area contributed by atoms with E-state index >= 15 is 0 Å². The Balaban J connectivity index is 2.86. The van der Waals surface area contributed by atoms with Gasteiger partial charge in [0.2, 0.25) is 0 Å². The lowest BCUT2D eigenvalue weighted by Gasteiger charge is -2.21. The predicted octanol–water partition coefficient (Wildman–Crippen LogP) is 0.760. The van der Waals surface area contributed by atoms with Crippen molar-refractivity contribution in [1.29, 1.82) is 0 Å². The topological polar surface area (TPSA) is 51.2 Å². The summed E-state index contributed by atoms with van der Waals surface area (Å²) in [5, 5.41) is 0. The highest BCUT2D eigenvalue weighted by molar-refractivity contribution is 6.20. The van der Waals surface area contributed by atoms with Gasteiger partial charge >= 0.3 is 0 Å². The first-order chi connectivity index (χ1) is 5.54. The zero-order valence-electron chi connectivity index (χ0n) is 7.29. The summed E-state index contributed by atoms with van der Waals surface area (Å²) in [5.74, 6) is -1.79. The van der Waals surface area contributed by atoms with Crippen molar-refractivity contribution < 1.29 is 14.4 Å². The van der Waals surface area contributed by atoms with E-state index in [2.05, 4.69) is 0 Å². The number of Topliss-reactive ketones (excluding diaryl/α,β-unsaturated/α-hetero) is 3. The normalized spacial score (nSPS) is 30.5. The lowest BCUT2D eigenvalue weighted by molar-refractivity contribution is -0.143. The van der Waals surface area contributed by atoms with Crippen LogP contribution >= 0.6 is 0 Å². The molecule has 0 N–H and O–H groups in total. The summed E-state index contributed by atoms with van der Waals surface area (Å²) in [7, 11) is 0. The van der Waals surface area contributed by atoms with Crippen LogP contribution in [-0.4, -0.2) is 17.3 Å². The quantitative estimate of drug-likeness (QED) is 0.543. The Morgan fingerprint density at radius 3 is 2.42 bits per heavy atom. The third-order valence-electron chi connectivity index (χ3n) is 2.32. The van der Waals surface area contributed by atoms with Gasteiger partial charge in [0.1, 0.15) is 11.7 Å². The van der Waals surface area contributed by atoms with E-state index in [0.29, 0.717) is 12.8 Å². The maximum absolute atomic E-state index is 11.3.